The fourth-order valence-corrected chi connectivity index (χ4v) is 13.9. The molecule has 2 atom stereocenters. The highest BCUT2D eigenvalue weighted by molar-refractivity contribution is 6.05. The summed E-state index contributed by atoms with van der Waals surface area (Å²) >= 11 is 0. The number of azide groups is 1. The van der Waals surface area contributed by atoms with Crippen molar-refractivity contribution < 1.29 is 57.4 Å². The van der Waals surface area contributed by atoms with Crippen molar-refractivity contribution in [2.75, 3.05) is 69.4 Å². The standard InChI is InChI=1S/C75H100N10O12/c1-8-10-12-14-17-21-25-64(86)78-52-29-33-57-60(45-52)75(37-36-67(89)83(6)39-41-95-42-40-84(7)71(92)63-48-55(81-82-76)49-85(63)70(91)50-28-32-56-51(43-50)44-68(90)96-72(56)93)61-46-53(79-65(87)26-22-18-15-13-11-9-2)30-34-58(61)69(57)59-35-31-54(47-62(59)75)80-66(88)27-23-19-16-20-24-38-77-73(94)97-74(3,4)5/h28-35,43,45-47,55,63,69H,8-27,36-42,44,48-49H2,1-7H3,(H,77,94)(H,78,86)(H,79,87)(H,80,88)/t55-,63-,69?,75?/m0/s1. The number of hydrogen-bond donors (Lipinski definition) is 4. The largest absolute Gasteiger partial charge is 0.444 e. The molecular weight excluding hydrogens is 1230 g/mol. The number of hydrogen-bond acceptors (Lipinski definition) is 13. The van der Waals surface area contributed by atoms with Crippen molar-refractivity contribution in [3.05, 3.63) is 133 Å². The number of likely N-dealkylation sites (tertiary alicyclic amines) is 1. The van der Waals surface area contributed by atoms with E-state index in [0.29, 0.717) is 54.9 Å². The van der Waals surface area contributed by atoms with E-state index in [-0.39, 0.29) is 99.2 Å². The van der Waals surface area contributed by atoms with E-state index in [1.54, 1.807) is 19.0 Å². The van der Waals surface area contributed by atoms with E-state index in [1.807, 2.05) is 45.0 Å². The molecule has 4 aromatic rings. The van der Waals surface area contributed by atoms with Crippen LogP contribution in [0.1, 0.15) is 248 Å². The van der Waals surface area contributed by atoms with Crippen LogP contribution in [0.5, 0.6) is 0 Å². The molecule has 522 valence electrons. The summed E-state index contributed by atoms with van der Waals surface area (Å²) in [7, 11) is 3.31. The van der Waals surface area contributed by atoms with E-state index >= 15 is 0 Å². The lowest BCUT2D eigenvalue weighted by atomic mass is 9.51. The van der Waals surface area contributed by atoms with E-state index in [4.69, 9.17) is 14.2 Å². The summed E-state index contributed by atoms with van der Waals surface area (Å²) < 4.78 is 16.1. The lowest BCUT2D eigenvalue weighted by molar-refractivity contribution is -0.138. The Kier molecular flexibility index (Phi) is 27.2. The number of fused-ring (bicyclic) bond motifs is 1. The Balaban J connectivity index is 0.987. The minimum atomic E-state index is -1.02. The third kappa shape index (κ3) is 20.0. The molecule has 7 amide bonds. The van der Waals surface area contributed by atoms with Gasteiger partial charge < -0.3 is 50.2 Å². The Hall–Kier alpha value is -8.62. The summed E-state index contributed by atoms with van der Waals surface area (Å²) in [6, 6.07) is 20.9. The summed E-state index contributed by atoms with van der Waals surface area (Å²) in [5.74, 6) is -3.15. The molecule has 2 aliphatic heterocycles. The molecule has 0 radical (unpaired) electrons. The molecule has 22 nitrogen and oxygen atoms in total. The molecule has 0 saturated carbocycles. The first-order valence-electron chi connectivity index (χ1n) is 35.2. The summed E-state index contributed by atoms with van der Waals surface area (Å²) in [6.07, 6.45) is 17.5. The second kappa shape index (κ2) is 35.6. The minimum absolute atomic E-state index is 0.0192. The average molecular weight is 1330 g/mol. The molecule has 2 bridgehead atoms. The molecule has 97 heavy (non-hydrogen) atoms. The number of anilines is 3. The van der Waals surface area contributed by atoms with Gasteiger partial charge in [-0.2, -0.15) is 0 Å². The highest BCUT2D eigenvalue weighted by Crippen LogP contribution is 2.62. The maximum absolute atomic E-state index is 14.8. The number of likely N-dealkylation sites (N-methyl/N-ethyl adjacent to an activating group) is 2. The number of carbonyl (C=O) groups is 9. The van der Waals surface area contributed by atoms with Crippen LogP contribution in [0.25, 0.3) is 10.4 Å². The Morgan fingerprint density at radius 3 is 1.65 bits per heavy atom. The molecule has 9 rings (SSSR count). The fourth-order valence-electron chi connectivity index (χ4n) is 13.9. The predicted molar refractivity (Wildman–Crippen MR) is 372 cm³/mol. The zero-order chi connectivity index (χ0) is 69.7. The smallest absolute Gasteiger partial charge is 0.407 e. The average Bonchev–Trinajstić information content (AvgIpc) is 0.922. The van der Waals surface area contributed by atoms with Crippen molar-refractivity contribution >= 4 is 70.5 Å². The number of nitrogens with one attached hydrogen (secondary N) is 4. The van der Waals surface area contributed by atoms with Gasteiger partial charge in [0.2, 0.25) is 29.5 Å². The van der Waals surface area contributed by atoms with E-state index < -0.39 is 52.9 Å². The van der Waals surface area contributed by atoms with Gasteiger partial charge in [0.05, 0.1) is 31.2 Å². The number of unbranched alkanes of at least 4 members (excludes halogenated alkanes) is 14. The maximum atomic E-state index is 14.8. The van der Waals surface area contributed by atoms with Crippen molar-refractivity contribution in [2.24, 2.45) is 5.11 Å². The first-order chi connectivity index (χ1) is 46.6. The minimum Gasteiger partial charge on any atom is -0.444 e. The van der Waals surface area contributed by atoms with Gasteiger partial charge in [0.1, 0.15) is 11.6 Å². The van der Waals surface area contributed by atoms with Gasteiger partial charge in [-0.3, -0.25) is 33.6 Å². The van der Waals surface area contributed by atoms with Crippen molar-refractivity contribution in [1.82, 2.24) is 20.0 Å². The van der Waals surface area contributed by atoms with Gasteiger partial charge in [-0.05, 0) is 158 Å². The Morgan fingerprint density at radius 2 is 1.14 bits per heavy atom. The highest BCUT2D eigenvalue weighted by Gasteiger charge is 2.52. The molecular formula is C75H100N10O12. The van der Waals surface area contributed by atoms with Gasteiger partial charge in [-0.25, -0.2) is 9.59 Å². The van der Waals surface area contributed by atoms with E-state index in [9.17, 15) is 48.7 Å². The van der Waals surface area contributed by atoms with Gasteiger partial charge in [0.25, 0.3) is 5.91 Å². The first kappa shape index (κ1) is 74.2. The topological polar surface area (TPSA) is 288 Å². The van der Waals surface area contributed by atoms with Crippen LogP contribution in [0.15, 0.2) is 77.9 Å². The third-order valence-corrected chi connectivity index (χ3v) is 18.9. The van der Waals surface area contributed by atoms with Crippen LogP contribution < -0.4 is 21.3 Å². The third-order valence-electron chi connectivity index (χ3n) is 18.9. The maximum Gasteiger partial charge on any atom is 0.407 e. The molecule has 0 aromatic heterocycles. The summed E-state index contributed by atoms with van der Waals surface area (Å²) in [4.78, 5) is 128. The number of rotatable bonds is 37. The molecule has 4 N–H and O–H groups in total. The van der Waals surface area contributed by atoms with Crippen LogP contribution in [0.2, 0.25) is 0 Å². The van der Waals surface area contributed by atoms with E-state index in [0.717, 1.165) is 123 Å². The first-order valence-corrected chi connectivity index (χ1v) is 35.2. The van der Waals surface area contributed by atoms with Crippen LogP contribution in [0, 0.1) is 0 Å². The number of alkyl carbamates (subject to hydrolysis) is 1. The Bertz CT molecular complexity index is 3460. The molecule has 4 aromatic carbocycles. The monoisotopic (exact) mass is 1330 g/mol. The fraction of sp³-hybridized carbons (Fsp3) is 0.560. The number of ether oxygens (including phenoxy) is 3. The summed E-state index contributed by atoms with van der Waals surface area (Å²) in [5, 5.41) is 16.3. The van der Waals surface area contributed by atoms with Crippen LogP contribution in [0.4, 0.5) is 21.9 Å². The second-order valence-corrected chi connectivity index (χ2v) is 27.4. The lowest BCUT2D eigenvalue weighted by Gasteiger charge is -2.51. The molecule has 5 aliphatic rings. The van der Waals surface area contributed by atoms with E-state index in [2.05, 4.69) is 75.5 Å². The van der Waals surface area contributed by atoms with Crippen molar-refractivity contribution in [2.45, 2.75) is 218 Å². The number of cyclic esters (lactones) is 2. The van der Waals surface area contributed by atoms with Crippen LogP contribution in [-0.4, -0.2) is 139 Å². The van der Waals surface area contributed by atoms with Gasteiger partial charge in [0, 0.05) is 105 Å². The zero-order valence-corrected chi connectivity index (χ0v) is 58.0. The zero-order valence-electron chi connectivity index (χ0n) is 58.0. The second-order valence-electron chi connectivity index (χ2n) is 27.4. The molecule has 22 heteroatoms. The molecule has 0 spiro atoms. The Morgan fingerprint density at radius 1 is 0.649 bits per heavy atom. The molecule has 3 aliphatic carbocycles. The van der Waals surface area contributed by atoms with Gasteiger partial charge in [0.15, 0.2) is 0 Å². The van der Waals surface area contributed by atoms with Gasteiger partial charge >= 0.3 is 18.0 Å². The van der Waals surface area contributed by atoms with Gasteiger partial charge in [-0.1, -0.05) is 121 Å². The summed E-state index contributed by atoms with van der Waals surface area (Å²) in [5.41, 5.74) is 16.1. The Labute approximate surface area is 571 Å². The highest BCUT2D eigenvalue weighted by atomic mass is 16.6. The molecule has 1 fully saturated rings. The van der Waals surface area contributed by atoms with Crippen LogP contribution >= 0.6 is 0 Å². The summed E-state index contributed by atoms with van der Waals surface area (Å²) in [6.45, 7) is 10.9. The van der Waals surface area contributed by atoms with Crippen molar-refractivity contribution in [3.8, 4) is 0 Å². The number of amides is 7. The lowest BCUT2D eigenvalue weighted by Crippen LogP contribution is -2.47. The SMILES string of the molecule is CCCCCCCCC(=O)Nc1ccc2c(c1)C1(CCC(=O)N(C)CCOCCN(C)C(=O)[C@@H]3C[C@H](N=[N+]=[N-])CN3C(=O)c3ccc4c(c3)CC(=O)OC4=O)c3cc(NC(=O)CCCCCCCC)ccc3C2c2ccc(NC(=O)CCCCCCCNC(=O)OC(C)(C)C)cc21. The predicted octanol–water partition coefficient (Wildman–Crippen LogP) is 13.6. The number of nitrogens with zero attached hydrogens (tertiary/aromatic N) is 6. The molecule has 0 unspecified atom stereocenters. The van der Waals surface area contributed by atoms with Crippen molar-refractivity contribution in [3.63, 3.8) is 0 Å². The van der Waals surface area contributed by atoms with Crippen LogP contribution in [-0.2, 0) is 54.8 Å². The van der Waals surface area contributed by atoms with E-state index in [1.165, 1.54) is 40.8 Å². The van der Waals surface area contributed by atoms with Crippen LogP contribution in [0.3, 0.4) is 0 Å². The number of benzene rings is 4. The molecule has 1 saturated heterocycles. The van der Waals surface area contributed by atoms with Crippen molar-refractivity contribution in [1.29, 1.82) is 0 Å². The quantitative estimate of drug-likeness (QED) is 0.00819. The molecule has 2 heterocycles. The normalized spacial score (nSPS) is 17.1. The van der Waals surface area contributed by atoms with Gasteiger partial charge in [-0.15, -0.1) is 0 Å². The number of carbonyl (C=O) groups excluding carboxylic acids is 9. The number of esters is 2.